The van der Waals surface area contributed by atoms with Gasteiger partial charge in [0.15, 0.2) is 0 Å². The summed E-state index contributed by atoms with van der Waals surface area (Å²) in [6, 6.07) is 0. The topological polar surface area (TPSA) is 12.0 Å². The van der Waals surface area contributed by atoms with E-state index in [1.807, 2.05) is 13.8 Å². The SMILES string of the molecule is C1CCC2(C1)CCNC2.CC.[V]. The summed E-state index contributed by atoms with van der Waals surface area (Å²) < 4.78 is 0. The molecule has 0 aromatic carbocycles. The number of rotatable bonds is 0. The smallest absolute Gasteiger partial charge is 0.000829 e. The summed E-state index contributed by atoms with van der Waals surface area (Å²) in [5.41, 5.74) is 0.778. The molecule has 2 fully saturated rings. The molecule has 12 heavy (non-hydrogen) atoms. The van der Waals surface area contributed by atoms with Crippen LogP contribution in [0.15, 0.2) is 0 Å². The predicted octanol–water partition coefficient (Wildman–Crippen LogP) is 2.56. The minimum atomic E-state index is 0. The van der Waals surface area contributed by atoms with E-state index in [-0.39, 0.29) is 18.6 Å². The molecule has 0 atom stereocenters. The quantitative estimate of drug-likeness (QED) is 0.642. The standard InChI is InChI=1S/C8H15N.C2H6.V/c1-2-4-8(3-1)5-6-9-7-8;1-2;/h9H,1-7H2;1-2H3;. The van der Waals surface area contributed by atoms with Gasteiger partial charge in [-0.15, -0.1) is 0 Å². The second-order valence-corrected chi connectivity index (χ2v) is 3.63. The van der Waals surface area contributed by atoms with Crippen LogP contribution in [0.25, 0.3) is 0 Å². The van der Waals surface area contributed by atoms with Gasteiger partial charge in [0.05, 0.1) is 0 Å². The summed E-state index contributed by atoms with van der Waals surface area (Å²) in [6.07, 6.45) is 7.43. The molecule has 1 aliphatic carbocycles. The van der Waals surface area contributed by atoms with Gasteiger partial charge in [-0.05, 0) is 31.2 Å². The fourth-order valence-electron chi connectivity index (χ4n) is 2.35. The van der Waals surface area contributed by atoms with Crippen LogP contribution in [0.2, 0.25) is 0 Å². The predicted molar refractivity (Wildman–Crippen MR) is 49.7 cm³/mol. The maximum absolute atomic E-state index is 3.46. The fourth-order valence-corrected chi connectivity index (χ4v) is 2.35. The zero-order valence-electron chi connectivity index (χ0n) is 8.40. The van der Waals surface area contributed by atoms with E-state index in [0.29, 0.717) is 0 Å². The molecule has 71 valence electrons. The first-order valence-corrected chi connectivity index (χ1v) is 5.12. The van der Waals surface area contributed by atoms with Crippen LogP contribution in [0.3, 0.4) is 0 Å². The normalized spacial score (nSPS) is 24.5. The molecule has 1 heterocycles. The van der Waals surface area contributed by atoms with E-state index in [9.17, 15) is 0 Å². The van der Waals surface area contributed by atoms with E-state index in [4.69, 9.17) is 0 Å². The molecule has 2 heteroatoms. The molecule has 1 nitrogen and oxygen atoms in total. The molecular weight excluding hydrogens is 185 g/mol. The first-order chi connectivity index (χ1) is 5.41. The minimum absolute atomic E-state index is 0. The molecule has 1 saturated carbocycles. The van der Waals surface area contributed by atoms with Gasteiger partial charge in [-0.3, -0.25) is 0 Å². The summed E-state index contributed by atoms with van der Waals surface area (Å²) in [4.78, 5) is 0. The summed E-state index contributed by atoms with van der Waals surface area (Å²) in [5, 5.41) is 3.46. The third kappa shape index (κ3) is 2.79. The van der Waals surface area contributed by atoms with Crippen LogP contribution in [0.4, 0.5) is 0 Å². The van der Waals surface area contributed by atoms with Gasteiger partial charge < -0.3 is 5.32 Å². The minimum Gasteiger partial charge on any atom is -0.316 e. The van der Waals surface area contributed by atoms with Crippen molar-refractivity contribution in [2.45, 2.75) is 46.0 Å². The second-order valence-electron chi connectivity index (χ2n) is 3.63. The Morgan fingerprint density at radius 2 is 1.58 bits per heavy atom. The molecule has 2 rings (SSSR count). The monoisotopic (exact) mass is 206 g/mol. The van der Waals surface area contributed by atoms with E-state index in [2.05, 4.69) is 5.32 Å². The first kappa shape index (κ1) is 12.5. The molecule has 0 bridgehead atoms. The summed E-state index contributed by atoms with van der Waals surface area (Å²) in [5.74, 6) is 0. The third-order valence-electron chi connectivity index (χ3n) is 3.00. The van der Waals surface area contributed by atoms with Gasteiger partial charge in [0.1, 0.15) is 0 Å². The number of hydrogen-bond acceptors (Lipinski definition) is 1. The van der Waals surface area contributed by atoms with Gasteiger partial charge in [-0.25, -0.2) is 0 Å². The molecule has 1 saturated heterocycles. The van der Waals surface area contributed by atoms with Crippen molar-refractivity contribution in [1.29, 1.82) is 0 Å². The zero-order chi connectivity index (χ0) is 8.16. The van der Waals surface area contributed by atoms with Crippen molar-refractivity contribution >= 4 is 0 Å². The first-order valence-electron chi connectivity index (χ1n) is 5.12. The van der Waals surface area contributed by atoms with Crippen molar-refractivity contribution in [3.05, 3.63) is 0 Å². The molecule has 2 aliphatic rings. The van der Waals surface area contributed by atoms with Gasteiger partial charge in [0.25, 0.3) is 0 Å². The summed E-state index contributed by atoms with van der Waals surface area (Å²) in [7, 11) is 0. The van der Waals surface area contributed by atoms with Crippen molar-refractivity contribution in [3.63, 3.8) is 0 Å². The molecule has 1 radical (unpaired) electrons. The van der Waals surface area contributed by atoms with Crippen LogP contribution < -0.4 is 5.32 Å². The second kappa shape index (κ2) is 6.07. The van der Waals surface area contributed by atoms with Gasteiger partial charge in [-0.1, -0.05) is 26.7 Å². The van der Waals surface area contributed by atoms with Gasteiger partial charge in [0, 0.05) is 25.1 Å². The fraction of sp³-hybridized carbons (Fsp3) is 1.00. The Balaban J connectivity index is 0.000000378. The Kier molecular flexibility index (Phi) is 6.34. The molecule has 1 N–H and O–H groups in total. The van der Waals surface area contributed by atoms with E-state index >= 15 is 0 Å². The van der Waals surface area contributed by atoms with Gasteiger partial charge in [0.2, 0.25) is 0 Å². The molecule has 0 amide bonds. The van der Waals surface area contributed by atoms with Crippen molar-refractivity contribution in [3.8, 4) is 0 Å². The Hall–Kier alpha value is 0.544. The maximum atomic E-state index is 3.46. The largest absolute Gasteiger partial charge is 0.316 e. The Labute approximate surface area is 88.6 Å². The Morgan fingerprint density at radius 1 is 1.00 bits per heavy atom. The maximum Gasteiger partial charge on any atom is 0.000829 e. The number of hydrogen-bond donors (Lipinski definition) is 1. The average Bonchev–Trinajstić information content (AvgIpc) is 2.69. The molecule has 1 spiro atoms. The third-order valence-corrected chi connectivity index (χ3v) is 3.00. The molecule has 1 aliphatic heterocycles. The van der Waals surface area contributed by atoms with Crippen molar-refractivity contribution in [2.24, 2.45) is 5.41 Å². The van der Waals surface area contributed by atoms with Crippen molar-refractivity contribution < 1.29 is 18.6 Å². The van der Waals surface area contributed by atoms with Crippen LogP contribution in [-0.4, -0.2) is 13.1 Å². The van der Waals surface area contributed by atoms with E-state index < -0.39 is 0 Å². The number of nitrogens with one attached hydrogen (secondary N) is 1. The van der Waals surface area contributed by atoms with Crippen molar-refractivity contribution in [1.82, 2.24) is 5.32 Å². The molecule has 0 aromatic rings. The van der Waals surface area contributed by atoms with Crippen LogP contribution in [0, 0.1) is 5.41 Å². The summed E-state index contributed by atoms with van der Waals surface area (Å²) >= 11 is 0. The van der Waals surface area contributed by atoms with E-state index in [1.54, 1.807) is 0 Å². The van der Waals surface area contributed by atoms with Gasteiger partial charge >= 0.3 is 0 Å². The van der Waals surface area contributed by atoms with Crippen LogP contribution in [0.1, 0.15) is 46.0 Å². The van der Waals surface area contributed by atoms with Crippen molar-refractivity contribution in [2.75, 3.05) is 13.1 Å². The Morgan fingerprint density at radius 3 is 2.00 bits per heavy atom. The van der Waals surface area contributed by atoms with Crippen LogP contribution in [-0.2, 0) is 18.6 Å². The van der Waals surface area contributed by atoms with Crippen LogP contribution >= 0.6 is 0 Å². The van der Waals surface area contributed by atoms with Gasteiger partial charge in [-0.2, -0.15) is 0 Å². The van der Waals surface area contributed by atoms with Crippen LogP contribution in [0.5, 0.6) is 0 Å². The van der Waals surface area contributed by atoms with E-state index in [0.717, 1.165) is 5.41 Å². The average molecular weight is 206 g/mol. The zero-order valence-corrected chi connectivity index (χ0v) is 9.79. The summed E-state index contributed by atoms with van der Waals surface area (Å²) in [6.45, 7) is 6.59. The Bertz CT molecular complexity index is 84.9. The molecule has 0 unspecified atom stereocenters. The molecular formula is C10H21NV. The van der Waals surface area contributed by atoms with E-state index in [1.165, 1.54) is 45.2 Å². The molecule has 0 aromatic heterocycles.